The predicted octanol–water partition coefficient (Wildman–Crippen LogP) is -1.19. The molecule has 3 atom stereocenters. The van der Waals surface area contributed by atoms with E-state index in [2.05, 4.69) is 10.6 Å². The largest absolute Gasteiger partial charge is 0.480 e. The number of carbonyl (C=O) groups is 4. The SMILES string of the molecule is CC(=O)N(N)C(=O)C1CC2(CNC(=O)N2)C2=C(C=CC(F)C2=O)O1. The van der Waals surface area contributed by atoms with Crippen molar-refractivity contribution in [2.45, 2.75) is 31.2 Å². The van der Waals surface area contributed by atoms with E-state index in [0.717, 1.165) is 13.0 Å². The van der Waals surface area contributed by atoms with Crippen LogP contribution in [0.4, 0.5) is 9.18 Å². The number of alkyl halides is 1. The summed E-state index contributed by atoms with van der Waals surface area (Å²) in [6.45, 7) is 1.09. The molecule has 0 saturated carbocycles. The zero-order valence-electron chi connectivity index (χ0n) is 12.7. The molecule has 4 N–H and O–H groups in total. The first-order valence-corrected chi connectivity index (χ1v) is 7.18. The van der Waals surface area contributed by atoms with Gasteiger partial charge in [-0.05, 0) is 12.2 Å². The number of hydrazine groups is 1. The Bertz CT molecular complexity index is 718. The van der Waals surface area contributed by atoms with E-state index in [-0.39, 0.29) is 24.3 Å². The Morgan fingerprint density at radius 1 is 1.46 bits per heavy atom. The number of urea groups is 1. The minimum atomic E-state index is -1.85. The summed E-state index contributed by atoms with van der Waals surface area (Å²) >= 11 is 0. The average molecular weight is 338 g/mol. The average Bonchev–Trinajstić information content (AvgIpc) is 2.90. The van der Waals surface area contributed by atoms with Gasteiger partial charge in [0, 0.05) is 19.9 Å². The molecular formula is C14H15FN4O5. The van der Waals surface area contributed by atoms with Gasteiger partial charge in [0.25, 0.3) is 5.91 Å². The molecule has 1 spiro atoms. The number of allylic oxidation sites excluding steroid dienone is 2. The van der Waals surface area contributed by atoms with Gasteiger partial charge in [0.05, 0.1) is 11.1 Å². The van der Waals surface area contributed by atoms with Gasteiger partial charge in [0.15, 0.2) is 12.3 Å². The van der Waals surface area contributed by atoms with Gasteiger partial charge in [-0.3, -0.25) is 14.4 Å². The Morgan fingerprint density at radius 2 is 2.17 bits per heavy atom. The van der Waals surface area contributed by atoms with Crippen molar-refractivity contribution >= 4 is 23.6 Å². The van der Waals surface area contributed by atoms with Crippen LogP contribution in [-0.4, -0.2) is 53.0 Å². The number of rotatable bonds is 1. The van der Waals surface area contributed by atoms with Crippen LogP contribution in [0.2, 0.25) is 0 Å². The van der Waals surface area contributed by atoms with Crippen molar-refractivity contribution in [2.75, 3.05) is 6.54 Å². The molecule has 10 heteroatoms. The highest BCUT2D eigenvalue weighted by atomic mass is 19.1. The number of hydrogen-bond acceptors (Lipinski definition) is 6. The zero-order chi connectivity index (χ0) is 17.6. The minimum absolute atomic E-state index is 0.0144. The normalized spacial score (nSPS) is 31.3. The second-order valence-electron chi connectivity index (χ2n) is 5.79. The third-order valence-corrected chi connectivity index (χ3v) is 4.20. The van der Waals surface area contributed by atoms with Crippen LogP contribution in [0.1, 0.15) is 13.3 Å². The lowest BCUT2D eigenvalue weighted by molar-refractivity contribution is -0.152. The predicted molar refractivity (Wildman–Crippen MR) is 76.5 cm³/mol. The summed E-state index contributed by atoms with van der Waals surface area (Å²) in [4.78, 5) is 47.4. The third-order valence-electron chi connectivity index (χ3n) is 4.20. The number of halogens is 1. The van der Waals surface area contributed by atoms with Crippen LogP contribution < -0.4 is 16.5 Å². The summed E-state index contributed by atoms with van der Waals surface area (Å²) in [7, 11) is 0. The van der Waals surface area contributed by atoms with Gasteiger partial charge in [-0.2, -0.15) is 0 Å². The van der Waals surface area contributed by atoms with Crippen LogP contribution in [0.15, 0.2) is 23.5 Å². The van der Waals surface area contributed by atoms with E-state index in [1.54, 1.807) is 0 Å². The quantitative estimate of drug-likeness (QED) is 0.313. The molecule has 3 rings (SSSR count). The Labute approximate surface area is 135 Å². The molecule has 24 heavy (non-hydrogen) atoms. The number of Topliss-reactive ketones (excluding diaryl/α,β-unsaturated/α-hetero) is 1. The van der Waals surface area contributed by atoms with Gasteiger partial charge in [-0.15, -0.1) is 0 Å². The van der Waals surface area contributed by atoms with Crippen LogP contribution in [0, 0.1) is 0 Å². The molecular weight excluding hydrogens is 323 g/mol. The highest BCUT2D eigenvalue weighted by Gasteiger charge is 2.54. The Morgan fingerprint density at radius 3 is 2.75 bits per heavy atom. The monoisotopic (exact) mass is 338 g/mol. The number of amides is 4. The molecule has 128 valence electrons. The molecule has 3 unspecified atom stereocenters. The molecule has 1 saturated heterocycles. The van der Waals surface area contributed by atoms with Gasteiger partial charge >= 0.3 is 6.03 Å². The second-order valence-corrected chi connectivity index (χ2v) is 5.79. The first kappa shape index (κ1) is 16.1. The van der Waals surface area contributed by atoms with Crippen molar-refractivity contribution < 1.29 is 28.3 Å². The van der Waals surface area contributed by atoms with E-state index in [1.807, 2.05) is 0 Å². The van der Waals surface area contributed by atoms with Gasteiger partial charge in [0.2, 0.25) is 11.7 Å². The number of hydrogen-bond donors (Lipinski definition) is 3. The van der Waals surface area contributed by atoms with E-state index in [4.69, 9.17) is 10.6 Å². The first-order valence-electron chi connectivity index (χ1n) is 7.18. The Hall–Kier alpha value is -2.75. The fourth-order valence-corrected chi connectivity index (χ4v) is 3.04. The highest BCUT2D eigenvalue weighted by Crippen LogP contribution is 2.39. The van der Waals surface area contributed by atoms with Crippen LogP contribution in [0.25, 0.3) is 0 Å². The molecule has 3 aliphatic rings. The van der Waals surface area contributed by atoms with Crippen molar-refractivity contribution in [3.63, 3.8) is 0 Å². The molecule has 9 nitrogen and oxygen atoms in total. The zero-order valence-corrected chi connectivity index (χ0v) is 12.7. The van der Waals surface area contributed by atoms with Crippen molar-refractivity contribution in [3.05, 3.63) is 23.5 Å². The summed E-state index contributed by atoms with van der Waals surface area (Å²) in [5, 5.41) is 5.47. The maximum atomic E-state index is 13.8. The second kappa shape index (κ2) is 5.41. The van der Waals surface area contributed by atoms with Crippen molar-refractivity contribution in [1.82, 2.24) is 15.6 Å². The number of fused-ring (bicyclic) bond motifs is 1. The fourth-order valence-electron chi connectivity index (χ4n) is 3.04. The van der Waals surface area contributed by atoms with Gasteiger partial charge in [-0.25, -0.2) is 20.0 Å². The highest BCUT2D eigenvalue weighted by molar-refractivity contribution is 6.06. The molecule has 1 fully saturated rings. The summed E-state index contributed by atoms with van der Waals surface area (Å²) in [5.74, 6) is 3.05. The lowest BCUT2D eigenvalue weighted by atomic mass is 9.77. The number of ketones is 1. The fraction of sp³-hybridized carbons (Fsp3) is 0.429. The number of carbonyl (C=O) groups excluding carboxylic acids is 4. The molecule has 0 aromatic heterocycles. The lowest BCUT2D eigenvalue weighted by Crippen LogP contribution is -2.58. The number of imide groups is 1. The molecule has 2 aliphatic heterocycles. The van der Waals surface area contributed by atoms with E-state index in [9.17, 15) is 23.6 Å². The first-order chi connectivity index (χ1) is 11.2. The molecule has 1 aliphatic carbocycles. The molecule has 2 heterocycles. The summed E-state index contributed by atoms with van der Waals surface area (Å²) in [6.07, 6.45) is -0.973. The van der Waals surface area contributed by atoms with Crippen molar-refractivity contribution in [2.24, 2.45) is 5.84 Å². The van der Waals surface area contributed by atoms with E-state index in [1.165, 1.54) is 6.08 Å². The van der Waals surface area contributed by atoms with Crippen LogP contribution in [0.5, 0.6) is 0 Å². The van der Waals surface area contributed by atoms with Gasteiger partial charge < -0.3 is 15.4 Å². The minimum Gasteiger partial charge on any atom is -0.480 e. The van der Waals surface area contributed by atoms with Gasteiger partial charge in [-0.1, -0.05) is 0 Å². The van der Waals surface area contributed by atoms with E-state index < -0.39 is 41.4 Å². The van der Waals surface area contributed by atoms with Crippen LogP contribution in [-0.2, 0) is 19.1 Å². The van der Waals surface area contributed by atoms with Crippen molar-refractivity contribution in [1.29, 1.82) is 0 Å². The van der Waals surface area contributed by atoms with E-state index >= 15 is 0 Å². The molecule has 0 bridgehead atoms. The van der Waals surface area contributed by atoms with Crippen molar-refractivity contribution in [3.8, 4) is 0 Å². The Kier molecular flexibility index (Phi) is 3.63. The van der Waals surface area contributed by atoms with Crippen LogP contribution >= 0.6 is 0 Å². The topological polar surface area (TPSA) is 131 Å². The van der Waals surface area contributed by atoms with Gasteiger partial charge in [0.1, 0.15) is 5.76 Å². The Balaban J connectivity index is 2.02. The summed E-state index contributed by atoms with van der Waals surface area (Å²) in [6, 6.07) is -0.552. The molecule has 0 radical (unpaired) electrons. The standard InChI is InChI=1S/C14H15FN4O5/c1-6(20)19(16)12(22)9-4-14(5-17-13(23)18-14)10-8(24-9)3-2-7(15)11(10)21/h2-3,7,9H,4-5,16H2,1H3,(H2,17,18,23). The molecule has 0 aromatic carbocycles. The maximum Gasteiger partial charge on any atom is 0.315 e. The van der Waals surface area contributed by atoms with E-state index in [0.29, 0.717) is 5.01 Å². The number of nitrogens with two attached hydrogens (primary N) is 1. The molecule has 0 aromatic rings. The smallest absolute Gasteiger partial charge is 0.315 e. The molecule has 4 amide bonds. The lowest BCUT2D eigenvalue weighted by Gasteiger charge is -2.40. The number of nitrogens with zero attached hydrogens (tertiary/aromatic N) is 1. The number of nitrogens with one attached hydrogen (secondary N) is 2. The summed E-state index contributed by atoms with van der Waals surface area (Å²) in [5.41, 5.74) is -1.33. The maximum absolute atomic E-state index is 13.8. The summed E-state index contributed by atoms with van der Waals surface area (Å²) < 4.78 is 19.2. The van der Waals surface area contributed by atoms with Crippen LogP contribution in [0.3, 0.4) is 0 Å². The number of ether oxygens (including phenoxy) is 1. The third kappa shape index (κ3) is 2.35.